The van der Waals surface area contributed by atoms with Crippen LogP contribution in [0.4, 0.5) is 0 Å². The minimum Gasteiger partial charge on any atom is -0.393 e. The van der Waals surface area contributed by atoms with Crippen LogP contribution in [0.15, 0.2) is 41.2 Å². The molecule has 7 rings (SSSR count). The lowest BCUT2D eigenvalue weighted by Crippen LogP contribution is -2.55. The zero-order valence-corrected chi connectivity index (χ0v) is 23.8. The highest BCUT2D eigenvalue weighted by molar-refractivity contribution is 5.64. The van der Waals surface area contributed by atoms with Gasteiger partial charge in [0.15, 0.2) is 5.82 Å². The highest BCUT2D eigenvalue weighted by atomic mass is 16.3. The lowest BCUT2D eigenvalue weighted by atomic mass is 9.45. The topological polar surface area (TPSA) is 68.0 Å². The van der Waals surface area contributed by atoms with E-state index in [1.54, 1.807) is 0 Å². The second-order valence-electron chi connectivity index (χ2n) is 13.8. The predicted octanol–water partition coefficient (Wildman–Crippen LogP) is 6.53. The number of hydrogen-bond acceptors (Lipinski definition) is 4. The Hall–Kier alpha value is -2.53. The number of benzene rings is 1. The van der Waals surface area contributed by atoms with Crippen molar-refractivity contribution in [1.29, 1.82) is 0 Å². The van der Waals surface area contributed by atoms with E-state index in [-0.39, 0.29) is 22.5 Å². The van der Waals surface area contributed by atoms with Crippen LogP contribution in [0.25, 0.3) is 22.8 Å². The zero-order chi connectivity index (χ0) is 26.9. The van der Waals surface area contributed by atoms with Gasteiger partial charge in [-0.1, -0.05) is 57.5 Å². The van der Waals surface area contributed by atoms with E-state index in [1.807, 2.05) is 30.3 Å². The molecule has 2 heterocycles. The van der Waals surface area contributed by atoms with Crippen LogP contribution in [0.2, 0.25) is 0 Å². The standard InChI is InChI=1S/C34H43N3O2/c1-4-5-17-37-28-19-23-11-12-24-26-13-14-29(38)33(26,2)16-15-27(24)34(23,3)20-22(28)18-25-31(37)35-30(36-32(25)39)21-9-7-6-8-10-21/h6-10,18,23-24,26-27,29,38H,4-5,11-17,19-20H2,1-3H3/t23-,24-,26-,27-,29-,33-,34-/m0/s1. The number of pyridine rings is 1. The quantitative estimate of drug-likeness (QED) is 0.421. The van der Waals surface area contributed by atoms with Crippen molar-refractivity contribution >= 4 is 0 Å². The summed E-state index contributed by atoms with van der Waals surface area (Å²) in [5, 5.41) is 10.9. The van der Waals surface area contributed by atoms with Gasteiger partial charge in [-0.25, -0.2) is 4.98 Å². The molecular formula is C34H43N3O2. The Morgan fingerprint density at radius 2 is 1.79 bits per heavy atom. The van der Waals surface area contributed by atoms with E-state index < -0.39 is 0 Å². The van der Waals surface area contributed by atoms with E-state index in [4.69, 9.17) is 4.98 Å². The molecule has 0 amide bonds. The molecule has 0 aromatic heterocycles. The molecule has 0 spiro atoms. The Morgan fingerprint density at radius 1 is 1.00 bits per heavy atom. The molecule has 0 unspecified atom stereocenters. The third-order valence-electron chi connectivity index (χ3n) is 12.0. The fourth-order valence-corrected chi connectivity index (χ4v) is 9.76. The molecule has 2 aliphatic heterocycles. The maximum Gasteiger partial charge on any atom is 0.282 e. The Balaban J connectivity index is 1.32. The minimum absolute atomic E-state index is 0.113. The van der Waals surface area contributed by atoms with Gasteiger partial charge in [-0.3, -0.25) is 4.79 Å². The first-order chi connectivity index (χ1) is 18.8. The molecule has 7 atom stereocenters. The third-order valence-corrected chi connectivity index (χ3v) is 12.0. The van der Waals surface area contributed by atoms with Gasteiger partial charge in [-0.2, -0.15) is 4.98 Å². The van der Waals surface area contributed by atoms with Crippen molar-refractivity contribution in [1.82, 2.24) is 14.5 Å². The van der Waals surface area contributed by atoms with Crippen molar-refractivity contribution in [3.63, 3.8) is 0 Å². The second-order valence-corrected chi connectivity index (χ2v) is 13.8. The van der Waals surface area contributed by atoms with Crippen molar-refractivity contribution in [2.75, 3.05) is 0 Å². The molecular weight excluding hydrogens is 482 g/mol. The third kappa shape index (κ3) is 3.78. The average molecular weight is 526 g/mol. The summed E-state index contributed by atoms with van der Waals surface area (Å²) in [7, 11) is 0. The summed E-state index contributed by atoms with van der Waals surface area (Å²) < 4.78 is 2.40. The number of fused-ring (bicyclic) bond motifs is 7. The van der Waals surface area contributed by atoms with Crippen LogP contribution in [0.1, 0.15) is 83.4 Å². The average Bonchev–Trinajstić information content (AvgIpc) is 3.25. The van der Waals surface area contributed by atoms with Crippen LogP contribution in [-0.2, 0) is 19.4 Å². The van der Waals surface area contributed by atoms with Crippen LogP contribution in [0.3, 0.4) is 0 Å². The molecule has 4 aliphatic carbocycles. The van der Waals surface area contributed by atoms with Crippen molar-refractivity contribution in [3.8, 4) is 22.8 Å². The summed E-state index contributed by atoms with van der Waals surface area (Å²) in [6.45, 7) is 8.07. The van der Waals surface area contributed by atoms with Crippen LogP contribution < -0.4 is 5.56 Å². The summed E-state index contributed by atoms with van der Waals surface area (Å²) >= 11 is 0. The van der Waals surface area contributed by atoms with Gasteiger partial charge < -0.3 is 9.67 Å². The summed E-state index contributed by atoms with van der Waals surface area (Å²) in [4.78, 5) is 23.0. The van der Waals surface area contributed by atoms with E-state index in [2.05, 4.69) is 36.4 Å². The number of unbranched alkanes of at least 4 members (excludes halogenated alkanes) is 1. The second kappa shape index (κ2) is 9.26. The van der Waals surface area contributed by atoms with Gasteiger partial charge in [0.25, 0.3) is 5.56 Å². The van der Waals surface area contributed by atoms with Crippen LogP contribution in [0.5, 0.6) is 0 Å². The van der Waals surface area contributed by atoms with Gasteiger partial charge in [-0.05, 0) is 104 Å². The predicted molar refractivity (Wildman–Crippen MR) is 155 cm³/mol. The SMILES string of the molecule is CCCCn1c2nc(-c3ccccc3)nc(=O)c-2cc2c1C[C@@H]1CC[C@@H]3[C@H](CC[C@]4(C)[C@@H](O)CC[C@@H]34)[C@@]1(C)C2. The van der Waals surface area contributed by atoms with Gasteiger partial charge in [-0.15, -0.1) is 0 Å². The van der Waals surface area contributed by atoms with E-state index in [0.29, 0.717) is 29.1 Å². The Kier molecular flexibility index (Phi) is 6.04. The number of aliphatic hydroxyl groups excluding tert-OH is 1. The lowest BCUT2D eigenvalue weighted by molar-refractivity contribution is -0.111. The molecule has 39 heavy (non-hydrogen) atoms. The number of hydrogen-bond donors (Lipinski definition) is 1. The van der Waals surface area contributed by atoms with E-state index in [0.717, 1.165) is 62.4 Å². The number of nitrogens with zero attached hydrogens (tertiary/aromatic N) is 3. The largest absolute Gasteiger partial charge is 0.393 e. The maximum atomic E-state index is 13.5. The fraction of sp³-hybridized carbons (Fsp3) is 0.618. The molecule has 3 fully saturated rings. The molecule has 3 saturated carbocycles. The smallest absolute Gasteiger partial charge is 0.282 e. The highest BCUT2D eigenvalue weighted by Crippen LogP contribution is 2.65. The van der Waals surface area contributed by atoms with Crippen LogP contribution >= 0.6 is 0 Å². The van der Waals surface area contributed by atoms with Crippen molar-refractivity contribution in [2.24, 2.45) is 34.5 Å². The number of aromatic nitrogens is 3. The molecule has 1 aromatic carbocycles. The fourth-order valence-electron chi connectivity index (χ4n) is 9.76. The Labute approximate surface area is 232 Å². The molecule has 6 aliphatic rings. The van der Waals surface area contributed by atoms with Gasteiger partial charge in [0, 0.05) is 17.8 Å². The Morgan fingerprint density at radius 3 is 2.59 bits per heavy atom. The lowest BCUT2D eigenvalue weighted by Gasteiger charge is -2.60. The summed E-state index contributed by atoms with van der Waals surface area (Å²) in [6, 6.07) is 12.1. The molecule has 0 saturated heterocycles. The van der Waals surface area contributed by atoms with Crippen LogP contribution in [0, 0.1) is 34.5 Å². The molecule has 1 N–H and O–H groups in total. The van der Waals surface area contributed by atoms with Crippen molar-refractivity contribution in [2.45, 2.75) is 97.6 Å². The van der Waals surface area contributed by atoms with Gasteiger partial charge in [0.1, 0.15) is 5.82 Å². The summed E-state index contributed by atoms with van der Waals surface area (Å²) in [6.07, 6.45) is 11.3. The van der Waals surface area contributed by atoms with Gasteiger partial charge >= 0.3 is 0 Å². The molecule has 5 nitrogen and oxygen atoms in total. The number of aliphatic hydroxyl groups is 1. The monoisotopic (exact) mass is 525 g/mol. The molecule has 206 valence electrons. The molecule has 0 radical (unpaired) electrons. The number of rotatable bonds is 4. The highest BCUT2D eigenvalue weighted by Gasteiger charge is 2.60. The first kappa shape index (κ1) is 25.4. The van der Waals surface area contributed by atoms with Crippen molar-refractivity contribution in [3.05, 3.63) is 58.0 Å². The molecule has 0 bridgehead atoms. The van der Waals surface area contributed by atoms with E-state index in [9.17, 15) is 9.90 Å². The van der Waals surface area contributed by atoms with Gasteiger partial charge in [0.2, 0.25) is 0 Å². The molecule has 1 aromatic rings. The van der Waals surface area contributed by atoms with Gasteiger partial charge in [0.05, 0.1) is 11.7 Å². The summed E-state index contributed by atoms with van der Waals surface area (Å²) in [5.41, 5.74) is 4.53. The first-order valence-corrected chi connectivity index (χ1v) is 15.5. The first-order valence-electron chi connectivity index (χ1n) is 15.5. The summed E-state index contributed by atoms with van der Waals surface area (Å²) in [5.74, 6) is 4.10. The normalized spacial score (nSPS) is 35.2. The van der Waals surface area contributed by atoms with E-state index >= 15 is 0 Å². The Bertz CT molecular complexity index is 1420. The maximum absolute atomic E-state index is 13.5. The van der Waals surface area contributed by atoms with Crippen molar-refractivity contribution < 1.29 is 5.11 Å². The molecule has 5 heteroatoms. The minimum atomic E-state index is -0.158. The van der Waals surface area contributed by atoms with E-state index in [1.165, 1.54) is 36.9 Å². The van der Waals surface area contributed by atoms with Crippen LogP contribution in [-0.4, -0.2) is 25.7 Å². The zero-order valence-electron chi connectivity index (χ0n) is 23.8.